The van der Waals surface area contributed by atoms with Crippen molar-refractivity contribution in [2.75, 3.05) is 4.72 Å². The zero-order valence-electron chi connectivity index (χ0n) is 13.5. The Hall–Kier alpha value is -1.47. The van der Waals surface area contributed by atoms with Crippen LogP contribution in [0.4, 0.5) is 5.69 Å². The summed E-state index contributed by atoms with van der Waals surface area (Å²) in [6.07, 6.45) is 0. The Morgan fingerprint density at radius 2 is 1.65 bits per heavy atom. The lowest BCUT2D eigenvalue weighted by Gasteiger charge is -2.14. The van der Waals surface area contributed by atoms with Gasteiger partial charge in [0.1, 0.15) is 4.90 Å². The Labute approximate surface area is 171 Å². The maximum Gasteiger partial charge on any atom is 0.263 e. The number of hydrogen-bond acceptors (Lipinski definition) is 3. The molecule has 3 rings (SSSR count). The van der Waals surface area contributed by atoms with Crippen LogP contribution in [0.25, 0.3) is 0 Å². The molecule has 0 aliphatic rings. The number of halogens is 2. The average molecular weight is 469 g/mol. The summed E-state index contributed by atoms with van der Waals surface area (Å²) >= 11 is 10.9. The predicted octanol–water partition coefficient (Wildman–Crippen LogP) is 6.20. The SMILES string of the molecule is O=S(=O)(Nc1cc(Cl)ccc1SCc1ccccc1)c1ccccc1Br. The summed E-state index contributed by atoms with van der Waals surface area (Å²) in [7, 11) is -3.74. The first kappa shape index (κ1) is 19.3. The van der Waals surface area contributed by atoms with Crippen molar-refractivity contribution in [1.82, 2.24) is 0 Å². The number of nitrogens with one attached hydrogen (secondary N) is 1. The number of hydrogen-bond donors (Lipinski definition) is 1. The van der Waals surface area contributed by atoms with Crippen molar-refractivity contribution in [3.63, 3.8) is 0 Å². The molecule has 0 amide bonds. The van der Waals surface area contributed by atoms with Gasteiger partial charge in [-0.3, -0.25) is 4.72 Å². The molecule has 7 heteroatoms. The normalized spacial score (nSPS) is 11.3. The molecule has 0 spiro atoms. The molecule has 3 aromatic rings. The van der Waals surface area contributed by atoms with Crippen molar-refractivity contribution in [3.05, 3.63) is 87.9 Å². The first-order chi connectivity index (χ1) is 12.5. The monoisotopic (exact) mass is 467 g/mol. The highest BCUT2D eigenvalue weighted by Crippen LogP contribution is 2.34. The Morgan fingerprint density at radius 3 is 2.38 bits per heavy atom. The van der Waals surface area contributed by atoms with Crippen molar-refractivity contribution in [3.8, 4) is 0 Å². The second kappa shape index (κ2) is 8.48. The van der Waals surface area contributed by atoms with E-state index in [9.17, 15) is 8.42 Å². The Bertz CT molecular complexity index is 1010. The Morgan fingerprint density at radius 1 is 0.962 bits per heavy atom. The quantitative estimate of drug-likeness (QED) is 0.438. The number of anilines is 1. The summed E-state index contributed by atoms with van der Waals surface area (Å²) in [5, 5.41) is 0.471. The lowest BCUT2D eigenvalue weighted by Crippen LogP contribution is -2.14. The zero-order valence-corrected chi connectivity index (χ0v) is 17.5. The smallest absolute Gasteiger partial charge is 0.263 e. The fraction of sp³-hybridized carbons (Fsp3) is 0.0526. The Kier molecular flexibility index (Phi) is 6.29. The van der Waals surface area contributed by atoms with E-state index in [0.29, 0.717) is 15.2 Å². The van der Waals surface area contributed by atoms with Crippen molar-refractivity contribution in [2.24, 2.45) is 0 Å². The minimum atomic E-state index is -3.74. The number of thioether (sulfide) groups is 1. The lowest BCUT2D eigenvalue weighted by atomic mass is 10.2. The van der Waals surface area contributed by atoms with E-state index in [1.54, 1.807) is 48.2 Å². The molecular formula is C19H15BrClNO2S2. The van der Waals surface area contributed by atoms with Crippen LogP contribution in [-0.4, -0.2) is 8.42 Å². The molecule has 3 nitrogen and oxygen atoms in total. The second-order valence-electron chi connectivity index (χ2n) is 5.45. The van der Waals surface area contributed by atoms with Crippen LogP contribution < -0.4 is 4.72 Å². The highest BCUT2D eigenvalue weighted by atomic mass is 79.9. The molecule has 0 fully saturated rings. The highest BCUT2D eigenvalue weighted by Gasteiger charge is 2.19. The standard InChI is InChI=1S/C19H15BrClNO2S2/c20-16-8-4-5-9-19(16)26(23,24)22-17-12-15(21)10-11-18(17)25-13-14-6-2-1-3-7-14/h1-12,22H,13H2. The van der Waals surface area contributed by atoms with Gasteiger partial charge in [0.05, 0.1) is 5.69 Å². The van der Waals surface area contributed by atoms with Gasteiger partial charge in [-0.15, -0.1) is 11.8 Å². The van der Waals surface area contributed by atoms with E-state index in [4.69, 9.17) is 11.6 Å². The van der Waals surface area contributed by atoms with E-state index in [1.807, 2.05) is 36.4 Å². The highest BCUT2D eigenvalue weighted by molar-refractivity contribution is 9.10. The summed E-state index contributed by atoms with van der Waals surface area (Å²) in [5.74, 6) is 0.728. The first-order valence-corrected chi connectivity index (χ1v) is 11.3. The van der Waals surface area contributed by atoms with Gasteiger partial charge in [0, 0.05) is 20.1 Å². The van der Waals surface area contributed by atoms with Gasteiger partial charge in [0.2, 0.25) is 0 Å². The van der Waals surface area contributed by atoms with Gasteiger partial charge in [0.15, 0.2) is 0 Å². The third-order valence-electron chi connectivity index (χ3n) is 3.55. The third-order valence-corrected chi connectivity index (χ3v) is 7.31. The number of benzene rings is 3. The van der Waals surface area contributed by atoms with Gasteiger partial charge >= 0.3 is 0 Å². The lowest BCUT2D eigenvalue weighted by molar-refractivity contribution is 0.600. The molecule has 0 radical (unpaired) electrons. The maximum absolute atomic E-state index is 12.8. The fourth-order valence-electron chi connectivity index (χ4n) is 2.31. The molecule has 0 heterocycles. The average Bonchev–Trinajstić information content (AvgIpc) is 2.62. The summed E-state index contributed by atoms with van der Waals surface area (Å²) < 4.78 is 28.7. The molecule has 0 bridgehead atoms. The molecule has 0 aliphatic carbocycles. The van der Waals surface area contributed by atoms with Crippen LogP contribution in [0, 0.1) is 0 Å². The van der Waals surface area contributed by atoms with Crippen LogP contribution in [0.2, 0.25) is 5.02 Å². The van der Waals surface area contributed by atoms with E-state index in [2.05, 4.69) is 20.7 Å². The summed E-state index contributed by atoms with van der Waals surface area (Å²) in [4.78, 5) is 0.993. The molecule has 1 N–H and O–H groups in total. The summed E-state index contributed by atoms with van der Waals surface area (Å²) in [6, 6.07) is 21.9. The first-order valence-electron chi connectivity index (χ1n) is 7.69. The topological polar surface area (TPSA) is 46.2 Å². The van der Waals surface area contributed by atoms with Crippen LogP contribution in [0.3, 0.4) is 0 Å². The third kappa shape index (κ3) is 4.82. The van der Waals surface area contributed by atoms with Gasteiger partial charge in [-0.05, 0) is 51.8 Å². The summed E-state index contributed by atoms with van der Waals surface area (Å²) in [5.41, 5.74) is 1.63. The van der Waals surface area contributed by atoms with Crippen molar-refractivity contribution in [2.45, 2.75) is 15.5 Å². The minimum absolute atomic E-state index is 0.180. The predicted molar refractivity (Wildman–Crippen MR) is 112 cm³/mol. The van der Waals surface area contributed by atoms with Crippen LogP contribution in [0.15, 0.2) is 87.1 Å². The molecule has 0 saturated heterocycles. The zero-order chi connectivity index (χ0) is 18.6. The fourth-order valence-corrected chi connectivity index (χ4v) is 5.56. The van der Waals surface area contributed by atoms with Gasteiger partial charge in [-0.2, -0.15) is 0 Å². The van der Waals surface area contributed by atoms with Gasteiger partial charge in [0.25, 0.3) is 10.0 Å². The molecule has 0 saturated carbocycles. The molecule has 0 aromatic heterocycles. The van der Waals surface area contributed by atoms with E-state index in [-0.39, 0.29) is 4.90 Å². The molecule has 0 aliphatic heterocycles. The van der Waals surface area contributed by atoms with Crippen LogP contribution in [0.5, 0.6) is 0 Å². The van der Waals surface area contributed by atoms with Crippen LogP contribution >= 0.6 is 39.3 Å². The molecule has 3 aromatic carbocycles. The van der Waals surface area contributed by atoms with Crippen molar-refractivity contribution in [1.29, 1.82) is 0 Å². The summed E-state index contributed by atoms with van der Waals surface area (Å²) in [6.45, 7) is 0. The van der Waals surface area contributed by atoms with Gasteiger partial charge in [-0.1, -0.05) is 54.1 Å². The van der Waals surface area contributed by atoms with Crippen molar-refractivity contribution < 1.29 is 8.42 Å². The molecule has 0 unspecified atom stereocenters. The Balaban J connectivity index is 1.87. The second-order valence-corrected chi connectivity index (χ2v) is 9.41. The molecule has 0 atom stereocenters. The molecule has 26 heavy (non-hydrogen) atoms. The van der Waals surface area contributed by atoms with E-state index in [1.165, 1.54) is 0 Å². The minimum Gasteiger partial charge on any atom is -0.278 e. The molecule has 134 valence electrons. The van der Waals surface area contributed by atoms with Gasteiger partial charge in [-0.25, -0.2) is 8.42 Å². The number of rotatable bonds is 6. The maximum atomic E-state index is 12.8. The van der Waals surface area contributed by atoms with Crippen LogP contribution in [0.1, 0.15) is 5.56 Å². The van der Waals surface area contributed by atoms with E-state index in [0.717, 1.165) is 16.2 Å². The van der Waals surface area contributed by atoms with Gasteiger partial charge < -0.3 is 0 Å². The van der Waals surface area contributed by atoms with Crippen molar-refractivity contribution >= 4 is 55.0 Å². The van der Waals surface area contributed by atoms with E-state index < -0.39 is 10.0 Å². The number of sulfonamides is 1. The largest absolute Gasteiger partial charge is 0.278 e. The van der Waals surface area contributed by atoms with Crippen LogP contribution in [-0.2, 0) is 15.8 Å². The van der Waals surface area contributed by atoms with E-state index >= 15 is 0 Å². The molecular weight excluding hydrogens is 454 g/mol.